The highest BCUT2D eigenvalue weighted by Gasteiger charge is 2.17. The fourth-order valence-electron chi connectivity index (χ4n) is 4.10. The molecule has 0 atom stereocenters. The van der Waals surface area contributed by atoms with Crippen molar-refractivity contribution in [2.24, 2.45) is 4.99 Å². The predicted octanol–water partition coefficient (Wildman–Crippen LogP) is 5.82. The number of aliphatic imine (C=N–C) groups is 1. The van der Waals surface area contributed by atoms with Crippen LogP contribution >= 0.6 is 0 Å². The number of ether oxygens (including phenoxy) is 3. The zero-order chi connectivity index (χ0) is 25.3. The van der Waals surface area contributed by atoms with Crippen molar-refractivity contribution in [2.75, 3.05) is 27.9 Å². The molecule has 5 nitrogen and oxygen atoms in total. The Morgan fingerprint density at radius 3 is 1.78 bits per heavy atom. The van der Waals surface area contributed by atoms with E-state index in [1.807, 2.05) is 60.7 Å². The van der Waals surface area contributed by atoms with E-state index in [1.165, 1.54) is 21.3 Å². The molecule has 0 saturated heterocycles. The second kappa shape index (κ2) is 11.8. The summed E-state index contributed by atoms with van der Waals surface area (Å²) < 4.78 is 16.1. The Morgan fingerprint density at radius 1 is 0.667 bits per heavy atom. The maximum atomic E-state index is 13.2. The van der Waals surface area contributed by atoms with E-state index in [9.17, 15) is 4.79 Å². The maximum absolute atomic E-state index is 13.2. The molecule has 36 heavy (non-hydrogen) atoms. The summed E-state index contributed by atoms with van der Waals surface area (Å²) in [5.41, 5.74) is 5.35. The molecule has 5 heteroatoms. The number of benzene rings is 3. The lowest BCUT2D eigenvalue weighted by molar-refractivity contribution is 0.325. The molecule has 0 N–H and O–H groups in total. The number of hydrogen-bond acceptors (Lipinski definition) is 5. The molecule has 0 aliphatic rings. The van der Waals surface area contributed by atoms with E-state index in [-0.39, 0.29) is 16.9 Å². The van der Waals surface area contributed by atoms with Gasteiger partial charge in [0.1, 0.15) is 0 Å². The molecule has 0 bridgehead atoms. The van der Waals surface area contributed by atoms with E-state index in [1.54, 1.807) is 12.1 Å². The third kappa shape index (κ3) is 5.47. The van der Waals surface area contributed by atoms with Crippen LogP contribution in [0.2, 0.25) is 0 Å². The Morgan fingerprint density at radius 2 is 1.25 bits per heavy atom. The van der Waals surface area contributed by atoms with Gasteiger partial charge in [0.2, 0.25) is 16.9 Å². The van der Waals surface area contributed by atoms with Crippen LogP contribution in [-0.4, -0.2) is 33.6 Å². The highest BCUT2D eigenvalue weighted by molar-refractivity contribution is 6.12. The molecule has 0 aliphatic heterocycles. The summed E-state index contributed by atoms with van der Waals surface area (Å²) in [5.74, 6) is 0.820. The molecule has 0 heterocycles. The Bertz CT molecular complexity index is 1340. The fourth-order valence-corrected chi connectivity index (χ4v) is 4.10. The lowest BCUT2D eigenvalue weighted by atomic mass is 10.0. The molecule has 0 unspecified atom stereocenters. The van der Waals surface area contributed by atoms with E-state index in [0.29, 0.717) is 17.9 Å². The Balaban J connectivity index is 1.58. The topological polar surface area (TPSA) is 57.1 Å². The first kappa shape index (κ1) is 24.7. The van der Waals surface area contributed by atoms with E-state index >= 15 is 0 Å². The van der Waals surface area contributed by atoms with Gasteiger partial charge >= 0.3 is 0 Å². The Hall–Kier alpha value is -4.38. The SMILES string of the molecule is COc1ccc(-c2ccc(CCN=C(c3ccccc3)c3ccccc3)cc2)c(=O)c(OC)c1OC. The highest BCUT2D eigenvalue weighted by Crippen LogP contribution is 2.34. The first-order valence-corrected chi connectivity index (χ1v) is 11.7. The quantitative estimate of drug-likeness (QED) is 0.284. The molecular weight excluding hydrogens is 450 g/mol. The van der Waals surface area contributed by atoms with Crippen LogP contribution in [0.25, 0.3) is 11.1 Å². The lowest BCUT2D eigenvalue weighted by Gasteiger charge is -2.08. The molecule has 0 radical (unpaired) electrons. The van der Waals surface area contributed by atoms with Gasteiger partial charge in [-0.25, -0.2) is 0 Å². The van der Waals surface area contributed by atoms with Crippen LogP contribution in [0.4, 0.5) is 0 Å². The van der Waals surface area contributed by atoms with E-state index in [4.69, 9.17) is 19.2 Å². The van der Waals surface area contributed by atoms with Gasteiger partial charge in [-0.05, 0) is 29.7 Å². The van der Waals surface area contributed by atoms with Gasteiger partial charge in [0.25, 0.3) is 0 Å². The molecule has 182 valence electrons. The zero-order valence-electron chi connectivity index (χ0n) is 20.7. The van der Waals surface area contributed by atoms with Crippen LogP contribution in [0.5, 0.6) is 17.2 Å². The second-order valence-corrected chi connectivity index (χ2v) is 8.12. The van der Waals surface area contributed by atoms with Gasteiger partial charge < -0.3 is 14.2 Å². The van der Waals surface area contributed by atoms with Crippen LogP contribution in [0.3, 0.4) is 0 Å². The summed E-state index contributed by atoms with van der Waals surface area (Å²) in [7, 11) is 4.46. The van der Waals surface area contributed by atoms with Crippen LogP contribution in [0, 0.1) is 0 Å². The predicted molar refractivity (Wildman–Crippen MR) is 145 cm³/mol. The van der Waals surface area contributed by atoms with Gasteiger partial charge in [0.05, 0.1) is 27.0 Å². The molecule has 0 amide bonds. The van der Waals surface area contributed by atoms with Crippen LogP contribution in [0.15, 0.2) is 107 Å². The summed E-state index contributed by atoms with van der Waals surface area (Å²) in [4.78, 5) is 18.1. The van der Waals surface area contributed by atoms with Crippen molar-refractivity contribution >= 4 is 5.71 Å². The monoisotopic (exact) mass is 479 g/mol. The van der Waals surface area contributed by atoms with Gasteiger partial charge in [-0.2, -0.15) is 0 Å². The van der Waals surface area contributed by atoms with Gasteiger partial charge in [-0.1, -0.05) is 84.9 Å². The van der Waals surface area contributed by atoms with Crippen molar-refractivity contribution in [3.8, 4) is 28.4 Å². The molecule has 0 saturated carbocycles. The van der Waals surface area contributed by atoms with Gasteiger partial charge in [0.15, 0.2) is 5.75 Å². The van der Waals surface area contributed by atoms with Crippen LogP contribution in [0.1, 0.15) is 16.7 Å². The fraction of sp³-hybridized carbons (Fsp3) is 0.161. The standard InChI is InChI=1S/C31H29NO4/c1-34-27-19-18-26(29(33)31(36-3)30(27)35-2)23-16-14-22(15-17-23)20-21-32-28(24-10-6-4-7-11-24)25-12-8-5-9-13-25/h4-19H,20-21H2,1-3H3. The summed E-state index contributed by atoms with van der Waals surface area (Å²) in [6.45, 7) is 0.647. The molecule has 0 fully saturated rings. The molecule has 0 aromatic heterocycles. The molecule has 4 aromatic rings. The smallest absolute Gasteiger partial charge is 0.232 e. The molecule has 4 aromatic carbocycles. The first-order valence-electron chi connectivity index (χ1n) is 11.7. The van der Waals surface area contributed by atoms with E-state index in [2.05, 4.69) is 24.3 Å². The third-order valence-corrected chi connectivity index (χ3v) is 5.94. The average molecular weight is 480 g/mol. The van der Waals surface area contributed by atoms with Crippen molar-refractivity contribution in [2.45, 2.75) is 6.42 Å². The van der Waals surface area contributed by atoms with Crippen LogP contribution in [-0.2, 0) is 6.42 Å². The average Bonchev–Trinajstić information content (AvgIpc) is 3.07. The Labute approximate surface area is 211 Å². The van der Waals surface area contributed by atoms with Crippen molar-refractivity contribution in [1.29, 1.82) is 0 Å². The Kier molecular flexibility index (Phi) is 8.14. The van der Waals surface area contributed by atoms with Crippen molar-refractivity contribution in [3.05, 3.63) is 124 Å². The van der Waals surface area contributed by atoms with Crippen molar-refractivity contribution in [1.82, 2.24) is 0 Å². The lowest BCUT2D eigenvalue weighted by Crippen LogP contribution is -2.07. The van der Waals surface area contributed by atoms with Crippen molar-refractivity contribution in [3.63, 3.8) is 0 Å². The minimum absolute atomic E-state index is 0.113. The normalized spacial score (nSPS) is 10.4. The first-order chi connectivity index (χ1) is 17.7. The molecule has 0 spiro atoms. The molecular formula is C31H29NO4. The summed E-state index contributed by atoms with van der Waals surface area (Å²) in [5, 5.41) is 0. The highest BCUT2D eigenvalue weighted by atomic mass is 16.5. The zero-order valence-corrected chi connectivity index (χ0v) is 20.7. The van der Waals surface area contributed by atoms with Gasteiger partial charge in [0, 0.05) is 23.2 Å². The van der Waals surface area contributed by atoms with E-state index < -0.39 is 0 Å². The summed E-state index contributed by atoms with van der Waals surface area (Å²) >= 11 is 0. The maximum Gasteiger partial charge on any atom is 0.232 e. The number of rotatable bonds is 9. The number of methoxy groups -OCH3 is 3. The number of hydrogen-bond donors (Lipinski definition) is 0. The third-order valence-electron chi connectivity index (χ3n) is 5.94. The van der Waals surface area contributed by atoms with Crippen molar-refractivity contribution < 1.29 is 14.2 Å². The molecule has 4 rings (SSSR count). The van der Waals surface area contributed by atoms with Crippen LogP contribution < -0.4 is 19.6 Å². The molecule has 0 aliphatic carbocycles. The summed E-state index contributed by atoms with van der Waals surface area (Å²) in [6.07, 6.45) is 0.779. The van der Waals surface area contributed by atoms with Gasteiger partial charge in [-0.15, -0.1) is 0 Å². The van der Waals surface area contributed by atoms with E-state index in [0.717, 1.165) is 34.4 Å². The van der Waals surface area contributed by atoms with Gasteiger partial charge in [-0.3, -0.25) is 9.79 Å². The summed E-state index contributed by atoms with van der Waals surface area (Å²) in [6, 6.07) is 31.9. The largest absolute Gasteiger partial charge is 0.493 e. The minimum Gasteiger partial charge on any atom is -0.493 e. The second-order valence-electron chi connectivity index (χ2n) is 8.12. The minimum atomic E-state index is -0.259. The number of nitrogens with zero attached hydrogens (tertiary/aromatic N) is 1.